The Bertz CT molecular complexity index is 852. The number of fused-ring (bicyclic) bond motifs is 1. The summed E-state index contributed by atoms with van der Waals surface area (Å²) in [6.07, 6.45) is 3.99. The third-order valence-electron chi connectivity index (χ3n) is 5.45. The number of benzene rings is 1. The number of piperidine rings is 1. The molecule has 7 nitrogen and oxygen atoms in total. The van der Waals surface area contributed by atoms with Crippen molar-refractivity contribution in [2.45, 2.75) is 31.2 Å². The molecule has 0 saturated carbocycles. The highest BCUT2D eigenvalue weighted by Gasteiger charge is 2.34. The van der Waals surface area contributed by atoms with E-state index in [1.165, 1.54) is 0 Å². The van der Waals surface area contributed by atoms with Crippen molar-refractivity contribution < 1.29 is 14.7 Å². The molecular weight excluding hydrogens is 332 g/mol. The Morgan fingerprint density at radius 1 is 1.23 bits per heavy atom. The molecule has 1 atom stereocenters. The summed E-state index contributed by atoms with van der Waals surface area (Å²) in [5.74, 6) is -0.639. The zero-order chi connectivity index (χ0) is 18.3. The molecule has 0 radical (unpaired) electrons. The van der Waals surface area contributed by atoms with Gasteiger partial charge in [0.15, 0.2) is 0 Å². The molecule has 1 saturated heterocycles. The van der Waals surface area contributed by atoms with E-state index in [9.17, 15) is 14.7 Å². The van der Waals surface area contributed by atoms with Crippen LogP contribution in [0.3, 0.4) is 0 Å². The van der Waals surface area contributed by atoms with Crippen molar-refractivity contribution in [3.63, 3.8) is 0 Å². The highest BCUT2D eigenvalue weighted by atomic mass is 16.4. The number of anilines is 1. The van der Waals surface area contributed by atoms with Gasteiger partial charge in [-0.05, 0) is 44.6 Å². The maximum atomic E-state index is 12.4. The number of likely N-dealkylation sites (tertiary alicyclic amines) is 1. The van der Waals surface area contributed by atoms with Gasteiger partial charge in [-0.15, -0.1) is 0 Å². The average Bonchev–Trinajstić information content (AvgIpc) is 3.05. The molecule has 4 rings (SSSR count). The Morgan fingerprint density at radius 2 is 1.96 bits per heavy atom. The number of carboxylic acids is 1. The molecular formula is C19H22N4O3. The van der Waals surface area contributed by atoms with Gasteiger partial charge in [-0.1, -0.05) is 18.2 Å². The van der Waals surface area contributed by atoms with Crippen LogP contribution < -0.4 is 5.32 Å². The van der Waals surface area contributed by atoms with Crippen LogP contribution in [-0.2, 0) is 4.79 Å². The van der Waals surface area contributed by atoms with Gasteiger partial charge in [0.2, 0.25) is 5.91 Å². The fourth-order valence-electron chi connectivity index (χ4n) is 4.03. The summed E-state index contributed by atoms with van der Waals surface area (Å²) in [5, 5.41) is 17.1. The molecule has 3 heterocycles. The average molecular weight is 354 g/mol. The van der Waals surface area contributed by atoms with Crippen molar-refractivity contribution in [3.05, 3.63) is 47.2 Å². The van der Waals surface area contributed by atoms with Crippen molar-refractivity contribution in [2.75, 3.05) is 25.5 Å². The van der Waals surface area contributed by atoms with Gasteiger partial charge < -0.3 is 15.3 Å². The van der Waals surface area contributed by atoms with Crippen LogP contribution in [0.15, 0.2) is 30.5 Å². The summed E-state index contributed by atoms with van der Waals surface area (Å²) < 4.78 is 1.93. The van der Waals surface area contributed by atoms with Crippen molar-refractivity contribution in [2.24, 2.45) is 0 Å². The van der Waals surface area contributed by atoms with Crippen LogP contribution in [0, 0.1) is 0 Å². The number of hydrogen-bond donors (Lipinski definition) is 2. The number of carbonyl (C=O) groups is 2. The zero-order valence-corrected chi connectivity index (χ0v) is 14.7. The van der Waals surface area contributed by atoms with E-state index >= 15 is 0 Å². The number of aromatic carboxylic acids is 1. The molecule has 1 amide bonds. The quantitative estimate of drug-likeness (QED) is 0.883. The summed E-state index contributed by atoms with van der Waals surface area (Å²) in [4.78, 5) is 26.3. The van der Waals surface area contributed by atoms with Crippen LogP contribution in [-0.4, -0.2) is 51.8 Å². The lowest BCUT2D eigenvalue weighted by Gasteiger charge is -2.31. The van der Waals surface area contributed by atoms with E-state index in [1.807, 2.05) is 10.7 Å². The second-order valence-corrected chi connectivity index (χ2v) is 7.12. The monoisotopic (exact) mass is 354 g/mol. The first-order valence-corrected chi connectivity index (χ1v) is 8.92. The molecule has 1 aromatic heterocycles. The molecule has 2 N–H and O–H groups in total. The van der Waals surface area contributed by atoms with Gasteiger partial charge in [0, 0.05) is 17.9 Å². The number of aromatic nitrogens is 2. The summed E-state index contributed by atoms with van der Waals surface area (Å²) in [5.41, 5.74) is 1.81. The van der Waals surface area contributed by atoms with Crippen LogP contribution >= 0.6 is 0 Å². The molecule has 2 aromatic rings. The van der Waals surface area contributed by atoms with Gasteiger partial charge in [-0.25, -0.2) is 9.48 Å². The number of hydrogen-bond acceptors (Lipinski definition) is 4. The van der Waals surface area contributed by atoms with E-state index in [1.54, 1.807) is 24.4 Å². The van der Waals surface area contributed by atoms with E-state index < -0.39 is 5.97 Å². The van der Waals surface area contributed by atoms with E-state index in [0.29, 0.717) is 5.56 Å². The van der Waals surface area contributed by atoms with Gasteiger partial charge in [0.05, 0.1) is 17.8 Å². The summed E-state index contributed by atoms with van der Waals surface area (Å²) >= 11 is 0. The van der Waals surface area contributed by atoms with E-state index in [-0.39, 0.29) is 29.9 Å². The van der Waals surface area contributed by atoms with Gasteiger partial charge in [-0.2, -0.15) is 5.10 Å². The fourth-order valence-corrected chi connectivity index (χ4v) is 4.03. The molecule has 0 bridgehead atoms. The van der Waals surface area contributed by atoms with Crippen LogP contribution in [0.1, 0.15) is 52.7 Å². The molecule has 7 heteroatoms. The maximum absolute atomic E-state index is 12.4. The molecule has 1 fully saturated rings. The van der Waals surface area contributed by atoms with Gasteiger partial charge in [0.25, 0.3) is 0 Å². The molecule has 2 aliphatic rings. The minimum Gasteiger partial charge on any atom is -0.478 e. The molecule has 136 valence electrons. The lowest BCUT2D eigenvalue weighted by Crippen LogP contribution is -2.33. The van der Waals surface area contributed by atoms with Crippen molar-refractivity contribution in [3.8, 4) is 0 Å². The molecule has 1 unspecified atom stereocenters. The second kappa shape index (κ2) is 6.57. The number of amides is 1. The van der Waals surface area contributed by atoms with Crippen LogP contribution in [0.2, 0.25) is 0 Å². The standard InChI is InChI=1S/C19H22N4O3/c1-22-8-6-12(7-9-22)23-18-16(11-20-23)15(10-17(24)21-18)13-4-2-3-5-14(13)19(25)26/h2-5,11-12,15H,6-10H2,1H3,(H,21,24)(H,25,26). The largest absolute Gasteiger partial charge is 0.478 e. The van der Waals surface area contributed by atoms with Gasteiger partial charge in [-0.3, -0.25) is 4.79 Å². The Labute approximate surface area is 151 Å². The maximum Gasteiger partial charge on any atom is 0.335 e. The third-order valence-corrected chi connectivity index (χ3v) is 5.45. The molecule has 1 aromatic carbocycles. The Hall–Kier alpha value is -2.67. The fraction of sp³-hybridized carbons (Fsp3) is 0.421. The Balaban J connectivity index is 1.74. The summed E-state index contributed by atoms with van der Waals surface area (Å²) in [6, 6.07) is 7.16. The smallest absolute Gasteiger partial charge is 0.335 e. The SMILES string of the molecule is CN1CCC(n2ncc3c2NC(=O)CC3c2ccccc2C(=O)O)CC1. The third kappa shape index (κ3) is 2.88. The number of nitrogens with one attached hydrogen (secondary N) is 1. The normalized spacial score (nSPS) is 21.3. The number of carboxylic acid groups (broad SMARTS) is 1. The van der Waals surface area contributed by atoms with Gasteiger partial charge in [0.1, 0.15) is 5.82 Å². The van der Waals surface area contributed by atoms with Crippen molar-refractivity contribution in [1.29, 1.82) is 0 Å². The Morgan fingerprint density at radius 3 is 2.69 bits per heavy atom. The summed E-state index contributed by atoms with van der Waals surface area (Å²) in [6.45, 7) is 2.00. The number of rotatable bonds is 3. The lowest BCUT2D eigenvalue weighted by molar-refractivity contribution is -0.116. The first-order chi connectivity index (χ1) is 12.5. The second-order valence-electron chi connectivity index (χ2n) is 7.12. The molecule has 0 aliphatic carbocycles. The number of nitrogens with zero attached hydrogens (tertiary/aromatic N) is 3. The first-order valence-electron chi connectivity index (χ1n) is 8.92. The molecule has 0 spiro atoms. The van der Waals surface area contributed by atoms with Gasteiger partial charge >= 0.3 is 5.97 Å². The lowest BCUT2D eigenvalue weighted by atomic mass is 9.84. The zero-order valence-electron chi connectivity index (χ0n) is 14.7. The molecule has 2 aliphatic heterocycles. The van der Waals surface area contributed by atoms with Crippen molar-refractivity contribution in [1.82, 2.24) is 14.7 Å². The van der Waals surface area contributed by atoms with E-state index in [2.05, 4.69) is 22.4 Å². The topological polar surface area (TPSA) is 87.5 Å². The van der Waals surface area contributed by atoms with Crippen molar-refractivity contribution >= 4 is 17.7 Å². The van der Waals surface area contributed by atoms with Crippen LogP contribution in [0.5, 0.6) is 0 Å². The highest BCUT2D eigenvalue weighted by molar-refractivity contribution is 5.96. The minimum atomic E-state index is -0.976. The van der Waals surface area contributed by atoms with Crippen LogP contribution in [0.4, 0.5) is 5.82 Å². The minimum absolute atomic E-state index is 0.0997. The Kier molecular flexibility index (Phi) is 4.24. The van der Waals surface area contributed by atoms with E-state index in [4.69, 9.17) is 0 Å². The predicted molar refractivity (Wildman–Crippen MR) is 96.5 cm³/mol. The number of carbonyl (C=O) groups excluding carboxylic acids is 1. The summed E-state index contributed by atoms with van der Waals surface area (Å²) in [7, 11) is 2.11. The molecule has 26 heavy (non-hydrogen) atoms. The predicted octanol–water partition coefficient (Wildman–Crippen LogP) is 2.32. The van der Waals surface area contributed by atoms with E-state index in [0.717, 1.165) is 37.3 Å². The van der Waals surface area contributed by atoms with Crippen LogP contribution in [0.25, 0.3) is 0 Å². The highest BCUT2D eigenvalue weighted by Crippen LogP contribution is 2.40. The first kappa shape index (κ1) is 16.8.